The lowest BCUT2D eigenvalue weighted by molar-refractivity contribution is -0.140. The number of fused-ring (bicyclic) bond motifs is 1. The summed E-state index contributed by atoms with van der Waals surface area (Å²) in [6.45, 7) is 0.284. The highest BCUT2D eigenvalue weighted by molar-refractivity contribution is 5.98. The molecule has 0 radical (unpaired) electrons. The van der Waals surface area contributed by atoms with E-state index in [0.717, 1.165) is 6.07 Å². The van der Waals surface area contributed by atoms with Crippen molar-refractivity contribution in [1.82, 2.24) is 19.9 Å². The van der Waals surface area contributed by atoms with Crippen molar-refractivity contribution in [2.24, 2.45) is 5.73 Å². The maximum absolute atomic E-state index is 13.3. The lowest BCUT2D eigenvalue weighted by Crippen LogP contribution is -2.45. The van der Waals surface area contributed by atoms with Crippen LogP contribution in [-0.2, 0) is 18.3 Å². The number of aliphatic hydroxyl groups is 1. The van der Waals surface area contributed by atoms with Crippen molar-refractivity contribution in [3.63, 3.8) is 0 Å². The van der Waals surface area contributed by atoms with Crippen molar-refractivity contribution in [3.05, 3.63) is 59.8 Å². The van der Waals surface area contributed by atoms with Crippen LogP contribution in [-0.4, -0.2) is 51.1 Å². The van der Waals surface area contributed by atoms with Crippen LogP contribution in [0.5, 0.6) is 5.75 Å². The molecule has 0 unspecified atom stereocenters. The van der Waals surface area contributed by atoms with E-state index in [9.17, 15) is 23.1 Å². The van der Waals surface area contributed by atoms with E-state index in [1.165, 1.54) is 36.6 Å². The topological polar surface area (TPSA) is 141 Å². The number of piperidine rings is 1. The molecule has 3 N–H and O–H groups in total. The average molecular weight is 517 g/mol. The Kier molecular flexibility index (Phi) is 6.12. The minimum Gasteiger partial charge on any atom is -0.494 e. The number of nitrogens with two attached hydrogens (primary N) is 1. The molecular weight excluding hydrogens is 495 g/mol. The Morgan fingerprint density at radius 3 is 2.59 bits per heavy atom. The van der Waals surface area contributed by atoms with Gasteiger partial charge in [0.25, 0.3) is 5.91 Å². The fraction of sp³-hybridized carbons (Fsp3) is 0.333. The molecule has 0 spiro atoms. The number of aromatic nitrogens is 3. The summed E-state index contributed by atoms with van der Waals surface area (Å²) in [4.78, 5) is 27.0. The zero-order chi connectivity index (χ0) is 26.4. The van der Waals surface area contributed by atoms with Crippen molar-refractivity contribution >= 4 is 16.8 Å². The number of benzene rings is 1. The highest BCUT2D eigenvalue weighted by atomic mass is 19.4. The highest BCUT2D eigenvalue weighted by Gasteiger charge is 2.40. The Labute approximate surface area is 207 Å². The van der Waals surface area contributed by atoms with Gasteiger partial charge in [-0.2, -0.15) is 13.2 Å². The van der Waals surface area contributed by atoms with Gasteiger partial charge < -0.3 is 29.3 Å². The van der Waals surface area contributed by atoms with Crippen LogP contribution < -0.4 is 10.5 Å². The van der Waals surface area contributed by atoms with Gasteiger partial charge in [0.1, 0.15) is 28.8 Å². The van der Waals surface area contributed by atoms with Crippen molar-refractivity contribution in [1.29, 1.82) is 0 Å². The Bertz CT molecular complexity index is 1440. The second kappa shape index (κ2) is 9.16. The SMILES string of the molecule is COc1ccc(-c2nc(C(=O)N3CCC(O)(c4ncco4)CC3)c(CN)o2)c2ccc(C(F)(F)F)nc12. The zero-order valence-corrected chi connectivity index (χ0v) is 19.6. The molecule has 4 heterocycles. The number of rotatable bonds is 5. The van der Waals surface area contributed by atoms with Crippen molar-refractivity contribution in [2.45, 2.75) is 31.2 Å². The molecule has 1 fully saturated rings. The summed E-state index contributed by atoms with van der Waals surface area (Å²) < 4.78 is 56.0. The fourth-order valence-electron chi connectivity index (χ4n) is 4.37. The summed E-state index contributed by atoms with van der Waals surface area (Å²) in [7, 11) is 1.33. The number of hydrogen-bond donors (Lipinski definition) is 2. The average Bonchev–Trinajstić information content (AvgIpc) is 3.58. The van der Waals surface area contributed by atoms with E-state index in [1.807, 2.05) is 0 Å². The molecule has 1 aromatic carbocycles. The van der Waals surface area contributed by atoms with Crippen LogP contribution in [0.15, 0.2) is 45.6 Å². The molecule has 13 heteroatoms. The van der Waals surface area contributed by atoms with Crippen LogP contribution in [0, 0.1) is 0 Å². The van der Waals surface area contributed by atoms with Gasteiger partial charge in [-0.1, -0.05) is 0 Å². The molecule has 0 bridgehead atoms. The van der Waals surface area contributed by atoms with E-state index >= 15 is 0 Å². The Morgan fingerprint density at radius 1 is 1.22 bits per heavy atom. The van der Waals surface area contributed by atoms with Crippen LogP contribution in [0.4, 0.5) is 13.2 Å². The minimum absolute atomic E-state index is 0.00584. The van der Waals surface area contributed by atoms with Crippen LogP contribution in [0.2, 0.25) is 0 Å². The smallest absolute Gasteiger partial charge is 0.433 e. The molecule has 10 nitrogen and oxygen atoms in total. The van der Waals surface area contributed by atoms with Crippen LogP contribution in [0.3, 0.4) is 0 Å². The summed E-state index contributed by atoms with van der Waals surface area (Å²) in [6, 6.07) is 5.12. The number of carbonyl (C=O) groups excluding carboxylic acids is 1. The number of carbonyl (C=O) groups is 1. The van der Waals surface area contributed by atoms with Gasteiger partial charge in [-0.15, -0.1) is 0 Å². The summed E-state index contributed by atoms with van der Waals surface area (Å²) in [5.74, 6) is 0.0159. The monoisotopic (exact) mass is 517 g/mol. The molecule has 1 saturated heterocycles. The number of methoxy groups -OCH3 is 1. The summed E-state index contributed by atoms with van der Waals surface area (Å²) >= 11 is 0. The molecule has 4 aromatic rings. The number of halogens is 3. The predicted molar refractivity (Wildman–Crippen MR) is 122 cm³/mol. The molecule has 0 atom stereocenters. The van der Waals surface area contributed by atoms with Crippen molar-refractivity contribution < 1.29 is 36.6 Å². The van der Waals surface area contributed by atoms with Gasteiger partial charge in [-0.05, 0) is 24.3 Å². The number of amides is 1. The number of oxazole rings is 2. The number of hydrogen-bond acceptors (Lipinski definition) is 9. The maximum Gasteiger partial charge on any atom is 0.433 e. The number of pyridine rings is 1. The van der Waals surface area contributed by atoms with E-state index in [2.05, 4.69) is 15.0 Å². The van der Waals surface area contributed by atoms with E-state index in [1.54, 1.807) is 6.07 Å². The second-order valence-corrected chi connectivity index (χ2v) is 8.56. The van der Waals surface area contributed by atoms with Gasteiger partial charge in [0.05, 0.1) is 19.9 Å². The van der Waals surface area contributed by atoms with Crippen molar-refractivity contribution in [2.75, 3.05) is 20.2 Å². The lowest BCUT2D eigenvalue weighted by atomic mass is 9.91. The van der Waals surface area contributed by atoms with Crippen LogP contribution in [0.1, 0.15) is 40.7 Å². The minimum atomic E-state index is -4.64. The molecule has 37 heavy (non-hydrogen) atoms. The first kappa shape index (κ1) is 24.7. The molecule has 0 aliphatic carbocycles. The molecular formula is C24H22F3N5O5. The molecule has 1 aliphatic heterocycles. The zero-order valence-electron chi connectivity index (χ0n) is 19.6. The Balaban J connectivity index is 1.47. The van der Waals surface area contributed by atoms with Crippen molar-refractivity contribution in [3.8, 4) is 17.2 Å². The third-order valence-corrected chi connectivity index (χ3v) is 6.35. The summed E-state index contributed by atoms with van der Waals surface area (Å²) in [6.07, 6.45) is -1.41. The van der Waals surface area contributed by atoms with Gasteiger partial charge >= 0.3 is 6.18 Å². The standard InChI is InChI=1S/C24H22F3N5O5/c1-35-15-4-2-14(13-3-5-17(24(25,26)27)30-18(13)15)20-31-19(16(12-28)37-20)21(33)32-9-6-23(34,7-10-32)22-29-8-11-36-22/h2-5,8,11,34H,6-7,9-10,12,28H2,1H3. The van der Waals surface area contributed by atoms with E-state index in [0.29, 0.717) is 10.9 Å². The lowest BCUT2D eigenvalue weighted by Gasteiger charge is -2.35. The Morgan fingerprint density at radius 2 is 1.97 bits per heavy atom. The third kappa shape index (κ3) is 4.40. The maximum atomic E-state index is 13.3. The summed E-state index contributed by atoms with van der Waals surface area (Å²) in [5.41, 5.74) is 3.75. The quantitative estimate of drug-likeness (QED) is 0.407. The van der Waals surface area contributed by atoms with Gasteiger partial charge in [0.15, 0.2) is 11.5 Å². The van der Waals surface area contributed by atoms with E-state index in [4.69, 9.17) is 19.3 Å². The number of likely N-dealkylation sites (tertiary alicyclic amines) is 1. The fourth-order valence-corrected chi connectivity index (χ4v) is 4.37. The van der Waals surface area contributed by atoms with Gasteiger partial charge in [-0.25, -0.2) is 15.0 Å². The number of ether oxygens (including phenoxy) is 1. The molecule has 194 valence electrons. The predicted octanol–water partition coefficient (Wildman–Crippen LogP) is 3.49. The second-order valence-electron chi connectivity index (χ2n) is 8.56. The third-order valence-electron chi connectivity index (χ3n) is 6.35. The van der Waals surface area contributed by atoms with Gasteiger partial charge in [-0.3, -0.25) is 4.79 Å². The molecule has 1 amide bonds. The molecule has 1 aliphatic rings. The summed E-state index contributed by atoms with van der Waals surface area (Å²) in [5, 5.41) is 11.1. The highest BCUT2D eigenvalue weighted by Crippen LogP contribution is 2.37. The molecule has 0 saturated carbocycles. The first-order valence-electron chi connectivity index (χ1n) is 11.3. The van der Waals surface area contributed by atoms with E-state index in [-0.39, 0.29) is 67.0 Å². The van der Waals surface area contributed by atoms with Gasteiger partial charge in [0.2, 0.25) is 11.8 Å². The first-order chi connectivity index (χ1) is 17.6. The molecule has 3 aromatic heterocycles. The largest absolute Gasteiger partial charge is 0.494 e. The number of nitrogens with zero attached hydrogens (tertiary/aromatic N) is 4. The Hall–Kier alpha value is -3.97. The molecule has 5 rings (SSSR count). The normalized spacial score (nSPS) is 15.8. The van der Waals surface area contributed by atoms with Crippen LogP contribution in [0.25, 0.3) is 22.4 Å². The van der Waals surface area contributed by atoms with Gasteiger partial charge in [0, 0.05) is 36.9 Å². The van der Waals surface area contributed by atoms with Crippen LogP contribution >= 0.6 is 0 Å². The first-order valence-corrected chi connectivity index (χ1v) is 11.3. The number of alkyl halides is 3. The van der Waals surface area contributed by atoms with E-state index < -0.39 is 23.4 Å².